The Labute approximate surface area is 135 Å². The van der Waals surface area contributed by atoms with Crippen LogP contribution in [0.4, 0.5) is 5.69 Å². The fourth-order valence-electron chi connectivity index (χ4n) is 2.91. The molecule has 0 fully saturated rings. The van der Waals surface area contributed by atoms with E-state index in [2.05, 4.69) is 16.4 Å². The SMILES string of the molecule is Cc1cc(C)cc(NC(=O)C(N)Cc2c[nH]c3ccccc23)c1. The number of rotatable bonds is 4. The van der Waals surface area contributed by atoms with E-state index >= 15 is 0 Å². The van der Waals surface area contributed by atoms with Crippen LogP contribution in [0.1, 0.15) is 16.7 Å². The minimum Gasteiger partial charge on any atom is -0.361 e. The molecule has 3 aromatic rings. The van der Waals surface area contributed by atoms with Gasteiger partial charge in [-0.05, 0) is 55.2 Å². The van der Waals surface area contributed by atoms with Crippen molar-refractivity contribution < 1.29 is 4.79 Å². The lowest BCUT2D eigenvalue weighted by molar-refractivity contribution is -0.117. The largest absolute Gasteiger partial charge is 0.361 e. The number of carbonyl (C=O) groups is 1. The first-order chi connectivity index (χ1) is 11.0. The zero-order valence-corrected chi connectivity index (χ0v) is 13.4. The third kappa shape index (κ3) is 3.43. The molecule has 23 heavy (non-hydrogen) atoms. The quantitative estimate of drug-likeness (QED) is 0.692. The number of carbonyl (C=O) groups excluding carboxylic acids is 1. The molecule has 0 aliphatic heterocycles. The summed E-state index contributed by atoms with van der Waals surface area (Å²) in [5.41, 5.74) is 11.2. The molecule has 4 heteroatoms. The topological polar surface area (TPSA) is 70.9 Å². The molecule has 1 unspecified atom stereocenters. The molecule has 1 atom stereocenters. The van der Waals surface area contributed by atoms with Crippen LogP contribution in [-0.4, -0.2) is 16.9 Å². The van der Waals surface area contributed by atoms with Gasteiger partial charge < -0.3 is 16.0 Å². The molecule has 1 amide bonds. The van der Waals surface area contributed by atoms with Gasteiger partial charge in [-0.25, -0.2) is 0 Å². The zero-order valence-electron chi connectivity index (χ0n) is 13.4. The van der Waals surface area contributed by atoms with E-state index in [1.165, 1.54) is 0 Å². The first-order valence-electron chi connectivity index (χ1n) is 7.72. The van der Waals surface area contributed by atoms with Gasteiger partial charge in [0.25, 0.3) is 0 Å². The number of fused-ring (bicyclic) bond motifs is 1. The number of H-pyrrole nitrogens is 1. The van der Waals surface area contributed by atoms with Crippen LogP contribution >= 0.6 is 0 Å². The van der Waals surface area contributed by atoms with Crippen LogP contribution in [0.2, 0.25) is 0 Å². The monoisotopic (exact) mass is 307 g/mol. The van der Waals surface area contributed by atoms with E-state index in [1.54, 1.807) is 0 Å². The van der Waals surface area contributed by atoms with Crippen LogP contribution in [0, 0.1) is 13.8 Å². The maximum Gasteiger partial charge on any atom is 0.241 e. The lowest BCUT2D eigenvalue weighted by atomic mass is 10.0. The lowest BCUT2D eigenvalue weighted by Gasteiger charge is -2.13. The van der Waals surface area contributed by atoms with Gasteiger partial charge in [0.05, 0.1) is 6.04 Å². The molecule has 118 valence electrons. The molecular formula is C19H21N3O. The fraction of sp³-hybridized carbons (Fsp3) is 0.211. The summed E-state index contributed by atoms with van der Waals surface area (Å²) in [6.45, 7) is 4.02. The third-order valence-electron chi connectivity index (χ3n) is 3.94. The number of hydrogen-bond acceptors (Lipinski definition) is 2. The van der Waals surface area contributed by atoms with Gasteiger partial charge in [-0.1, -0.05) is 24.3 Å². The van der Waals surface area contributed by atoms with Crippen molar-refractivity contribution in [1.29, 1.82) is 0 Å². The third-order valence-corrected chi connectivity index (χ3v) is 3.94. The molecular weight excluding hydrogens is 286 g/mol. The highest BCUT2D eigenvalue weighted by Gasteiger charge is 2.16. The molecule has 0 aliphatic rings. The summed E-state index contributed by atoms with van der Waals surface area (Å²) in [6.07, 6.45) is 2.43. The summed E-state index contributed by atoms with van der Waals surface area (Å²) in [6, 6.07) is 13.4. The minimum atomic E-state index is -0.588. The number of nitrogens with two attached hydrogens (primary N) is 1. The minimum absolute atomic E-state index is 0.166. The zero-order chi connectivity index (χ0) is 16.4. The van der Waals surface area contributed by atoms with Crippen LogP contribution in [0.5, 0.6) is 0 Å². The first-order valence-corrected chi connectivity index (χ1v) is 7.72. The maximum atomic E-state index is 12.4. The number of nitrogens with one attached hydrogen (secondary N) is 2. The van der Waals surface area contributed by atoms with Gasteiger partial charge in [0.1, 0.15) is 0 Å². The number of anilines is 1. The van der Waals surface area contributed by atoms with Crippen molar-refractivity contribution in [2.45, 2.75) is 26.3 Å². The van der Waals surface area contributed by atoms with Crippen LogP contribution in [0.3, 0.4) is 0 Å². The van der Waals surface area contributed by atoms with E-state index in [0.29, 0.717) is 6.42 Å². The van der Waals surface area contributed by atoms with E-state index in [9.17, 15) is 4.79 Å². The average molecular weight is 307 g/mol. The second kappa shape index (κ2) is 6.26. The first kappa shape index (κ1) is 15.3. The molecule has 4 N–H and O–H groups in total. The van der Waals surface area contributed by atoms with E-state index in [-0.39, 0.29) is 5.91 Å². The predicted octanol–water partition coefficient (Wildman–Crippen LogP) is 3.29. The summed E-state index contributed by atoms with van der Waals surface area (Å²) in [5.74, 6) is -0.166. The summed E-state index contributed by atoms with van der Waals surface area (Å²) >= 11 is 0. The Bertz CT molecular complexity index is 830. The van der Waals surface area contributed by atoms with Gasteiger partial charge in [-0.3, -0.25) is 4.79 Å². The van der Waals surface area contributed by atoms with Gasteiger partial charge in [-0.2, -0.15) is 0 Å². The number of para-hydroxylation sites is 1. The lowest BCUT2D eigenvalue weighted by Crippen LogP contribution is -2.37. The van der Waals surface area contributed by atoms with Crippen LogP contribution in [0.15, 0.2) is 48.7 Å². The molecule has 2 aromatic carbocycles. The Hall–Kier alpha value is -2.59. The fourth-order valence-corrected chi connectivity index (χ4v) is 2.91. The number of amides is 1. The van der Waals surface area contributed by atoms with Crippen molar-refractivity contribution in [3.8, 4) is 0 Å². The van der Waals surface area contributed by atoms with E-state index in [1.807, 2.05) is 56.4 Å². The average Bonchev–Trinajstić information content (AvgIpc) is 2.89. The Kier molecular flexibility index (Phi) is 4.17. The Morgan fingerprint density at radius 1 is 1.17 bits per heavy atom. The van der Waals surface area contributed by atoms with Gasteiger partial charge in [0.15, 0.2) is 0 Å². The molecule has 0 aliphatic carbocycles. The highest BCUT2D eigenvalue weighted by atomic mass is 16.2. The van der Waals surface area contributed by atoms with Gasteiger partial charge >= 0.3 is 0 Å². The number of hydrogen-bond donors (Lipinski definition) is 3. The summed E-state index contributed by atoms with van der Waals surface area (Å²) in [4.78, 5) is 15.6. The normalized spacial score (nSPS) is 12.3. The Morgan fingerprint density at radius 3 is 2.61 bits per heavy atom. The summed E-state index contributed by atoms with van der Waals surface area (Å²) in [5, 5.41) is 4.02. The van der Waals surface area contributed by atoms with E-state index < -0.39 is 6.04 Å². The second-order valence-corrected chi connectivity index (χ2v) is 6.04. The highest BCUT2D eigenvalue weighted by Crippen LogP contribution is 2.19. The molecule has 0 radical (unpaired) electrons. The van der Waals surface area contributed by atoms with Crippen LogP contribution in [0.25, 0.3) is 10.9 Å². The molecule has 0 saturated carbocycles. The molecule has 4 nitrogen and oxygen atoms in total. The number of aromatic nitrogens is 1. The van der Waals surface area contributed by atoms with Crippen molar-refractivity contribution >= 4 is 22.5 Å². The van der Waals surface area contributed by atoms with Gasteiger partial charge in [0.2, 0.25) is 5.91 Å². The molecule has 3 rings (SSSR count). The van der Waals surface area contributed by atoms with E-state index in [4.69, 9.17) is 5.73 Å². The summed E-state index contributed by atoms with van der Waals surface area (Å²) < 4.78 is 0. The Morgan fingerprint density at radius 2 is 1.87 bits per heavy atom. The van der Waals surface area contributed by atoms with Crippen molar-refractivity contribution in [3.05, 3.63) is 65.4 Å². The van der Waals surface area contributed by atoms with Crippen molar-refractivity contribution in [2.24, 2.45) is 5.73 Å². The molecule has 0 saturated heterocycles. The van der Waals surface area contributed by atoms with Crippen molar-refractivity contribution in [3.63, 3.8) is 0 Å². The standard InChI is InChI=1S/C19H21N3O/c1-12-7-13(2)9-15(8-12)22-19(23)17(20)10-14-11-21-18-6-4-3-5-16(14)18/h3-9,11,17,21H,10,20H2,1-2H3,(H,22,23). The number of benzene rings is 2. The smallest absolute Gasteiger partial charge is 0.241 e. The molecule has 1 heterocycles. The molecule has 1 aromatic heterocycles. The molecule has 0 bridgehead atoms. The van der Waals surface area contributed by atoms with Gasteiger partial charge in [0, 0.05) is 22.8 Å². The molecule has 0 spiro atoms. The highest BCUT2D eigenvalue weighted by molar-refractivity contribution is 5.95. The Balaban J connectivity index is 1.72. The van der Waals surface area contributed by atoms with E-state index in [0.717, 1.165) is 33.3 Å². The van der Waals surface area contributed by atoms with Crippen molar-refractivity contribution in [2.75, 3.05) is 5.32 Å². The second-order valence-electron chi connectivity index (χ2n) is 6.04. The number of aromatic amines is 1. The predicted molar refractivity (Wildman–Crippen MR) is 94.5 cm³/mol. The van der Waals surface area contributed by atoms with Crippen LogP contribution < -0.4 is 11.1 Å². The van der Waals surface area contributed by atoms with Gasteiger partial charge in [-0.15, -0.1) is 0 Å². The van der Waals surface area contributed by atoms with Crippen molar-refractivity contribution in [1.82, 2.24) is 4.98 Å². The van der Waals surface area contributed by atoms with Crippen LogP contribution in [-0.2, 0) is 11.2 Å². The summed E-state index contributed by atoms with van der Waals surface area (Å²) in [7, 11) is 0. The maximum absolute atomic E-state index is 12.4. The number of aryl methyl sites for hydroxylation is 2.